The second-order valence-corrected chi connectivity index (χ2v) is 7.41. The molecule has 120 valence electrons. The second-order valence-electron chi connectivity index (χ2n) is 7.41. The van der Waals surface area contributed by atoms with Crippen LogP contribution >= 0.6 is 12.4 Å². The van der Waals surface area contributed by atoms with Crippen molar-refractivity contribution < 1.29 is 9.53 Å². The van der Waals surface area contributed by atoms with E-state index in [0.29, 0.717) is 35.2 Å². The van der Waals surface area contributed by atoms with Crippen LogP contribution in [0, 0.1) is 23.2 Å². The summed E-state index contributed by atoms with van der Waals surface area (Å²) in [5, 5.41) is 3.42. The summed E-state index contributed by atoms with van der Waals surface area (Å²) in [6, 6.07) is 0. The van der Waals surface area contributed by atoms with Gasteiger partial charge in [0, 0.05) is 38.0 Å². The van der Waals surface area contributed by atoms with E-state index in [9.17, 15) is 4.79 Å². The highest BCUT2D eigenvalue weighted by Crippen LogP contribution is 2.59. The van der Waals surface area contributed by atoms with E-state index in [0.717, 1.165) is 32.6 Å². The van der Waals surface area contributed by atoms with Crippen molar-refractivity contribution in [3.8, 4) is 0 Å². The number of methoxy groups -OCH3 is 1. The average molecular weight is 315 g/mol. The van der Waals surface area contributed by atoms with Crippen LogP contribution in [0.5, 0.6) is 0 Å². The number of ether oxygens (including phenoxy) is 1. The number of nitrogens with zero attached hydrogens (tertiary/aromatic N) is 1. The Morgan fingerprint density at radius 2 is 1.81 bits per heavy atom. The molecule has 4 atom stereocenters. The zero-order chi connectivity index (χ0) is 13.7. The van der Waals surface area contributed by atoms with Crippen LogP contribution in [-0.2, 0) is 9.53 Å². The van der Waals surface area contributed by atoms with Gasteiger partial charge in [0.1, 0.15) is 0 Å². The van der Waals surface area contributed by atoms with E-state index in [4.69, 9.17) is 4.74 Å². The molecule has 2 heterocycles. The van der Waals surface area contributed by atoms with Crippen molar-refractivity contribution in [3.63, 3.8) is 0 Å². The average Bonchev–Trinajstić information content (AvgIpc) is 3.10. The van der Waals surface area contributed by atoms with E-state index < -0.39 is 0 Å². The number of hydrogen-bond donors (Lipinski definition) is 1. The fourth-order valence-electron chi connectivity index (χ4n) is 5.13. The monoisotopic (exact) mass is 314 g/mol. The molecule has 0 aromatic rings. The number of rotatable bonds is 2. The zero-order valence-corrected chi connectivity index (χ0v) is 13.7. The first-order valence-electron chi connectivity index (χ1n) is 8.26. The Balaban J connectivity index is 0.00000132. The van der Waals surface area contributed by atoms with Gasteiger partial charge in [0.05, 0.1) is 6.10 Å². The van der Waals surface area contributed by atoms with Crippen LogP contribution in [0.15, 0.2) is 0 Å². The third kappa shape index (κ3) is 2.49. The first-order chi connectivity index (χ1) is 9.73. The summed E-state index contributed by atoms with van der Waals surface area (Å²) < 4.78 is 5.65. The van der Waals surface area contributed by atoms with Gasteiger partial charge in [0.15, 0.2) is 0 Å². The van der Waals surface area contributed by atoms with Gasteiger partial charge in [-0.05, 0) is 50.6 Å². The molecule has 2 bridgehead atoms. The van der Waals surface area contributed by atoms with Gasteiger partial charge in [-0.1, -0.05) is 0 Å². The molecule has 1 N–H and O–H groups in total. The normalized spacial score (nSPS) is 40.0. The van der Waals surface area contributed by atoms with Crippen molar-refractivity contribution in [3.05, 3.63) is 0 Å². The predicted molar refractivity (Wildman–Crippen MR) is 83.5 cm³/mol. The molecule has 0 radical (unpaired) electrons. The van der Waals surface area contributed by atoms with Crippen molar-refractivity contribution in [2.45, 2.75) is 38.2 Å². The second kappa shape index (κ2) is 5.71. The number of hydrogen-bond acceptors (Lipinski definition) is 3. The number of piperidine rings is 2. The lowest BCUT2D eigenvalue weighted by Gasteiger charge is -2.38. The van der Waals surface area contributed by atoms with Gasteiger partial charge in [0.2, 0.25) is 5.91 Å². The van der Waals surface area contributed by atoms with E-state index in [1.54, 1.807) is 0 Å². The van der Waals surface area contributed by atoms with Crippen molar-refractivity contribution in [2.75, 3.05) is 33.3 Å². The summed E-state index contributed by atoms with van der Waals surface area (Å²) in [5.41, 5.74) is 0.374. The Morgan fingerprint density at radius 1 is 1.19 bits per heavy atom. The summed E-state index contributed by atoms with van der Waals surface area (Å²) in [6.45, 7) is 4.08. The van der Waals surface area contributed by atoms with Crippen LogP contribution in [0.1, 0.15) is 32.1 Å². The topological polar surface area (TPSA) is 41.6 Å². The van der Waals surface area contributed by atoms with Gasteiger partial charge < -0.3 is 15.0 Å². The van der Waals surface area contributed by atoms with Crippen LogP contribution in [0.25, 0.3) is 0 Å². The van der Waals surface area contributed by atoms with Gasteiger partial charge >= 0.3 is 0 Å². The van der Waals surface area contributed by atoms with E-state index in [2.05, 4.69) is 10.2 Å². The van der Waals surface area contributed by atoms with Crippen LogP contribution < -0.4 is 5.32 Å². The maximum atomic E-state index is 12.8. The minimum Gasteiger partial charge on any atom is -0.381 e. The Kier molecular flexibility index (Phi) is 4.23. The molecule has 2 saturated carbocycles. The van der Waals surface area contributed by atoms with E-state index in [-0.39, 0.29) is 12.4 Å². The standard InChI is InChI=1S/C16H26N2O2.ClH/c1-20-14-11-2-3-12(14)10-18(9-11)15(19)13-8-16(13)4-6-17-7-5-16;/h11-14,17H,2-10H2,1H3;1H/t11-,12+,13?,14?;. The molecule has 4 rings (SSSR count). The number of fused-ring (bicyclic) bond motifs is 2. The van der Waals surface area contributed by atoms with Gasteiger partial charge in [0.25, 0.3) is 0 Å². The summed E-state index contributed by atoms with van der Waals surface area (Å²) >= 11 is 0. The Bertz CT molecular complexity index is 397. The third-order valence-electron chi connectivity index (χ3n) is 6.42. The van der Waals surface area contributed by atoms with E-state index in [1.807, 2.05) is 7.11 Å². The molecule has 5 heteroatoms. The third-order valence-corrected chi connectivity index (χ3v) is 6.42. The highest BCUT2D eigenvalue weighted by atomic mass is 35.5. The fourth-order valence-corrected chi connectivity index (χ4v) is 5.13. The molecule has 0 aromatic heterocycles. The van der Waals surface area contributed by atoms with Gasteiger partial charge in [-0.15, -0.1) is 12.4 Å². The lowest BCUT2D eigenvalue weighted by molar-refractivity contribution is -0.138. The molecule has 1 amide bonds. The van der Waals surface area contributed by atoms with Gasteiger partial charge in [-0.25, -0.2) is 0 Å². The van der Waals surface area contributed by atoms with Crippen molar-refractivity contribution >= 4 is 18.3 Å². The number of carbonyl (C=O) groups is 1. The first-order valence-corrected chi connectivity index (χ1v) is 8.26. The molecular formula is C16H27ClN2O2. The SMILES string of the molecule is COC1[C@@H]2CC[C@H]1CN(C(=O)C1CC13CCNCC3)C2.Cl. The molecular weight excluding hydrogens is 288 g/mol. The van der Waals surface area contributed by atoms with E-state index in [1.165, 1.54) is 25.7 Å². The highest BCUT2D eigenvalue weighted by Gasteiger charge is 2.59. The van der Waals surface area contributed by atoms with Crippen molar-refractivity contribution in [1.29, 1.82) is 0 Å². The Labute approximate surface area is 133 Å². The number of amides is 1. The van der Waals surface area contributed by atoms with Crippen LogP contribution in [0.2, 0.25) is 0 Å². The van der Waals surface area contributed by atoms with Crippen LogP contribution in [-0.4, -0.2) is 50.2 Å². The molecule has 0 aromatic carbocycles. The molecule has 2 aliphatic heterocycles. The lowest BCUT2D eigenvalue weighted by atomic mass is 9.90. The minimum absolute atomic E-state index is 0. The van der Waals surface area contributed by atoms with Crippen molar-refractivity contribution in [2.24, 2.45) is 23.2 Å². The molecule has 4 nitrogen and oxygen atoms in total. The smallest absolute Gasteiger partial charge is 0.226 e. The van der Waals surface area contributed by atoms with E-state index >= 15 is 0 Å². The molecule has 4 fully saturated rings. The number of likely N-dealkylation sites (tertiary alicyclic amines) is 1. The molecule has 1 spiro atoms. The lowest BCUT2D eigenvalue weighted by Crippen LogP contribution is -2.49. The molecule has 4 aliphatic rings. The maximum absolute atomic E-state index is 12.8. The van der Waals surface area contributed by atoms with Gasteiger partial charge in [-0.2, -0.15) is 0 Å². The van der Waals surface area contributed by atoms with Crippen LogP contribution in [0.3, 0.4) is 0 Å². The molecule has 2 unspecified atom stereocenters. The number of nitrogens with one attached hydrogen (secondary N) is 1. The highest BCUT2D eigenvalue weighted by molar-refractivity contribution is 5.85. The quantitative estimate of drug-likeness (QED) is 0.843. The molecule has 2 saturated heterocycles. The molecule has 21 heavy (non-hydrogen) atoms. The summed E-state index contributed by atoms with van der Waals surface area (Å²) in [6.07, 6.45) is 6.44. The summed E-state index contributed by atoms with van der Waals surface area (Å²) in [4.78, 5) is 15.0. The zero-order valence-electron chi connectivity index (χ0n) is 12.8. The van der Waals surface area contributed by atoms with Crippen molar-refractivity contribution in [1.82, 2.24) is 10.2 Å². The maximum Gasteiger partial charge on any atom is 0.226 e. The summed E-state index contributed by atoms with van der Waals surface area (Å²) in [5.74, 6) is 1.97. The minimum atomic E-state index is 0. The largest absolute Gasteiger partial charge is 0.381 e. The first kappa shape index (κ1) is 15.6. The fraction of sp³-hybridized carbons (Fsp3) is 0.938. The summed E-state index contributed by atoms with van der Waals surface area (Å²) in [7, 11) is 1.83. The predicted octanol–water partition coefficient (Wildman–Crippen LogP) is 1.68. The van der Waals surface area contributed by atoms with Crippen LogP contribution in [0.4, 0.5) is 0 Å². The Morgan fingerprint density at radius 3 is 2.38 bits per heavy atom. The molecule has 2 aliphatic carbocycles. The van der Waals surface area contributed by atoms with Gasteiger partial charge in [-0.3, -0.25) is 4.79 Å². The number of carbonyl (C=O) groups excluding carboxylic acids is 1. The Hall–Kier alpha value is -0.320. The number of halogens is 1.